The molecule has 1 N–H and O–H groups in total. The van der Waals surface area contributed by atoms with Crippen molar-refractivity contribution in [3.8, 4) is 12.3 Å². The van der Waals surface area contributed by atoms with Crippen LogP contribution in [0.5, 0.6) is 0 Å². The summed E-state index contributed by atoms with van der Waals surface area (Å²) in [5.41, 5.74) is 2.06. The molecule has 1 aromatic rings. The van der Waals surface area contributed by atoms with Gasteiger partial charge in [-0.05, 0) is 36.7 Å². The monoisotopic (exact) mass is 294 g/mol. The zero-order valence-corrected chi connectivity index (χ0v) is 13.1. The van der Waals surface area contributed by atoms with Crippen molar-refractivity contribution in [1.29, 1.82) is 0 Å². The van der Waals surface area contributed by atoms with E-state index in [0.717, 1.165) is 17.7 Å². The molecule has 0 saturated carbocycles. The van der Waals surface area contributed by atoms with Gasteiger partial charge in [0.25, 0.3) is 0 Å². The Morgan fingerprint density at radius 1 is 1.35 bits per heavy atom. The van der Waals surface area contributed by atoms with Crippen molar-refractivity contribution in [3.63, 3.8) is 0 Å². The summed E-state index contributed by atoms with van der Waals surface area (Å²) < 4.78 is 26.3. The lowest BCUT2D eigenvalue weighted by Gasteiger charge is -2.19. The van der Waals surface area contributed by atoms with Crippen LogP contribution in [-0.2, 0) is 16.6 Å². The lowest BCUT2D eigenvalue weighted by Crippen LogP contribution is -2.31. The second-order valence-electron chi connectivity index (χ2n) is 4.50. The Labute approximate surface area is 122 Å². The Kier molecular flexibility index (Phi) is 6.21. The van der Waals surface area contributed by atoms with Gasteiger partial charge in [-0.3, -0.25) is 0 Å². The van der Waals surface area contributed by atoms with Gasteiger partial charge in [-0.2, -0.15) is 4.31 Å². The summed E-state index contributed by atoms with van der Waals surface area (Å²) in [4.78, 5) is 0.299. The smallest absolute Gasteiger partial charge is 0.243 e. The van der Waals surface area contributed by atoms with Crippen LogP contribution in [-0.4, -0.2) is 32.4 Å². The largest absolute Gasteiger partial charge is 0.313 e. The molecule has 0 unspecified atom stereocenters. The van der Waals surface area contributed by atoms with Crippen LogP contribution in [0.25, 0.3) is 0 Å². The van der Waals surface area contributed by atoms with Crippen LogP contribution in [0.4, 0.5) is 0 Å². The van der Waals surface area contributed by atoms with Crippen molar-refractivity contribution in [1.82, 2.24) is 9.62 Å². The normalized spacial score (nSPS) is 11.6. The highest BCUT2D eigenvalue weighted by Crippen LogP contribution is 2.19. The topological polar surface area (TPSA) is 49.4 Å². The van der Waals surface area contributed by atoms with Crippen molar-refractivity contribution in [2.75, 3.05) is 19.6 Å². The molecule has 0 radical (unpaired) electrons. The quantitative estimate of drug-likeness (QED) is 0.779. The van der Waals surface area contributed by atoms with E-state index >= 15 is 0 Å². The number of nitrogens with one attached hydrogen (secondary N) is 1. The maximum absolute atomic E-state index is 12.5. The molecule has 0 heterocycles. The van der Waals surface area contributed by atoms with Gasteiger partial charge in [-0.1, -0.05) is 25.8 Å². The summed E-state index contributed by atoms with van der Waals surface area (Å²) in [5.74, 6) is 2.39. The lowest BCUT2D eigenvalue weighted by molar-refractivity contribution is 0.464. The summed E-state index contributed by atoms with van der Waals surface area (Å²) in [6.45, 7) is 7.73. The predicted molar refractivity (Wildman–Crippen MR) is 81.8 cm³/mol. The van der Waals surface area contributed by atoms with Crippen LogP contribution in [0.15, 0.2) is 23.1 Å². The first-order chi connectivity index (χ1) is 9.47. The molecule has 0 spiro atoms. The van der Waals surface area contributed by atoms with Gasteiger partial charge in [-0.15, -0.1) is 6.42 Å². The molecule has 1 aromatic carbocycles. The van der Waals surface area contributed by atoms with Crippen LogP contribution in [0.2, 0.25) is 0 Å². The summed E-state index contributed by atoms with van der Waals surface area (Å²) in [6.07, 6.45) is 5.23. The van der Waals surface area contributed by atoms with E-state index in [9.17, 15) is 8.42 Å². The first kappa shape index (κ1) is 16.7. The van der Waals surface area contributed by atoms with E-state index in [4.69, 9.17) is 6.42 Å². The molecule has 0 atom stereocenters. The number of hydrogen-bond acceptors (Lipinski definition) is 3. The first-order valence-corrected chi connectivity index (χ1v) is 8.15. The molecule has 0 bridgehead atoms. The molecule has 0 aromatic heterocycles. The van der Waals surface area contributed by atoms with Gasteiger partial charge in [0.1, 0.15) is 0 Å². The van der Waals surface area contributed by atoms with Crippen LogP contribution in [0, 0.1) is 19.3 Å². The Bertz CT molecular complexity index is 588. The molecule has 0 amide bonds. The van der Waals surface area contributed by atoms with Crippen molar-refractivity contribution in [2.45, 2.75) is 32.2 Å². The van der Waals surface area contributed by atoms with E-state index in [-0.39, 0.29) is 6.54 Å². The average Bonchev–Trinajstić information content (AvgIpc) is 2.43. The SMILES string of the molecule is C#CCN(CC)S(=O)(=O)c1ccc(C)c(CNCC)c1. The number of sulfonamides is 1. The van der Waals surface area contributed by atoms with E-state index in [1.54, 1.807) is 19.1 Å². The maximum atomic E-state index is 12.5. The zero-order chi connectivity index (χ0) is 15.2. The fourth-order valence-electron chi connectivity index (χ4n) is 1.88. The standard InChI is InChI=1S/C15H22N2O2S/c1-5-10-17(7-3)20(18,19)15-9-8-13(4)14(11-15)12-16-6-2/h1,8-9,11,16H,6-7,10,12H2,2-4H3. The van der Waals surface area contributed by atoms with E-state index < -0.39 is 10.0 Å². The molecule has 20 heavy (non-hydrogen) atoms. The van der Waals surface area contributed by atoms with Gasteiger partial charge in [0, 0.05) is 13.1 Å². The zero-order valence-electron chi connectivity index (χ0n) is 12.3. The molecule has 0 aliphatic carbocycles. The van der Waals surface area contributed by atoms with Crippen LogP contribution in [0.1, 0.15) is 25.0 Å². The highest BCUT2D eigenvalue weighted by molar-refractivity contribution is 7.89. The average molecular weight is 294 g/mol. The van der Waals surface area contributed by atoms with Crippen molar-refractivity contribution in [2.24, 2.45) is 0 Å². The third-order valence-electron chi connectivity index (χ3n) is 3.14. The fourth-order valence-corrected chi connectivity index (χ4v) is 3.29. The molecule has 0 aliphatic heterocycles. The number of hydrogen-bond donors (Lipinski definition) is 1. The number of terminal acetylenes is 1. The van der Waals surface area contributed by atoms with Gasteiger partial charge in [0.2, 0.25) is 10.0 Å². The summed E-state index contributed by atoms with van der Waals surface area (Å²) in [5, 5.41) is 3.21. The Balaban J connectivity index is 3.15. The van der Waals surface area contributed by atoms with E-state index in [2.05, 4.69) is 11.2 Å². The van der Waals surface area contributed by atoms with Crippen LogP contribution < -0.4 is 5.32 Å². The van der Waals surface area contributed by atoms with Crippen molar-refractivity contribution >= 4 is 10.0 Å². The Morgan fingerprint density at radius 3 is 2.60 bits per heavy atom. The van der Waals surface area contributed by atoms with Gasteiger partial charge in [0.15, 0.2) is 0 Å². The minimum atomic E-state index is -3.51. The number of rotatable bonds is 7. The van der Waals surface area contributed by atoms with E-state index in [1.807, 2.05) is 19.9 Å². The number of aryl methyl sites for hydroxylation is 1. The highest BCUT2D eigenvalue weighted by Gasteiger charge is 2.22. The predicted octanol–water partition coefficient (Wildman–Crippen LogP) is 1.75. The highest BCUT2D eigenvalue weighted by atomic mass is 32.2. The Morgan fingerprint density at radius 2 is 2.05 bits per heavy atom. The van der Waals surface area contributed by atoms with Crippen LogP contribution in [0.3, 0.4) is 0 Å². The van der Waals surface area contributed by atoms with E-state index in [1.165, 1.54) is 4.31 Å². The van der Waals surface area contributed by atoms with Gasteiger partial charge >= 0.3 is 0 Å². The molecule has 0 saturated heterocycles. The van der Waals surface area contributed by atoms with Crippen molar-refractivity contribution in [3.05, 3.63) is 29.3 Å². The molecule has 1 rings (SSSR count). The lowest BCUT2D eigenvalue weighted by atomic mass is 10.1. The van der Waals surface area contributed by atoms with Gasteiger partial charge < -0.3 is 5.32 Å². The third-order valence-corrected chi connectivity index (χ3v) is 5.06. The first-order valence-electron chi connectivity index (χ1n) is 6.71. The summed E-state index contributed by atoms with van der Waals surface area (Å²) >= 11 is 0. The second-order valence-corrected chi connectivity index (χ2v) is 6.44. The molecule has 0 aliphatic rings. The molecule has 5 heteroatoms. The Hall–Kier alpha value is -1.35. The van der Waals surface area contributed by atoms with Gasteiger partial charge in [0.05, 0.1) is 11.4 Å². The maximum Gasteiger partial charge on any atom is 0.243 e. The minimum Gasteiger partial charge on any atom is -0.313 e. The van der Waals surface area contributed by atoms with Gasteiger partial charge in [-0.25, -0.2) is 8.42 Å². The summed E-state index contributed by atoms with van der Waals surface area (Å²) in [6, 6.07) is 5.20. The molecule has 4 nitrogen and oxygen atoms in total. The number of nitrogens with zero attached hydrogens (tertiary/aromatic N) is 1. The van der Waals surface area contributed by atoms with Crippen molar-refractivity contribution < 1.29 is 8.42 Å². The molecule has 110 valence electrons. The second kappa shape index (κ2) is 7.44. The molecular formula is C15H22N2O2S. The number of benzene rings is 1. The van der Waals surface area contributed by atoms with E-state index in [0.29, 0.717) is 18.0 Å². The third kappa shape index (κ3) is 3.83. The fraction of sp³-hybridized carbons (Fsp3) is 0.467. The molecule has 0 fully saturated rings. The minimum absolute atomic E-state index is 0.0925. The molecular weight excluding hydrogens is 272 g/mol. The summed E-state index contributed by atoms with van der Waals surface area (Å²) in [7, 11) is -3.51. The van der Waals surface area contributed by atoms with Crippen LogP contribution >= 0.6 is 0 Å².